The highest BCUT2D eigenvalue weighted by Crippen LogP contribution is 2.14. The first-order valence-corrected chi connectivity index (χ1v) is 7.16. The van der Waals surface area contributed by atoms with Crippen LogP contribution in [0.4, 0.5) is 10.5 Å². The maximum absolute atomic E-state index is 11.4. The van der Waals surface area contributed by atoms with E-state index in [9.17, 15) is 9.59 Å². The van der Waals surface area contributed by atoms with E-state index in [0.717, 1.165) is 0 Å². The van der Waals surface area contributed by atoms with Gasteiger partial charge in [-0.1, -0.05) is 11.8 Å². The first-order chi connectivity index (χ1) is 10.7. The minimum Gasteiger partial charge on any atom is -0.465 e. The van der Waals surface area contributed by atoms with Gasteiger partial charge in [-0.25, -0.2) is 9.59 Å². The van der Waals surface area contributed by atoms with E-state index >= 15 is 0 Å². The zero-order valence-corrected chi connectivity index (χ0v) is 13.9. The van der Waals surface area contributed by atoms with E-state index in [-0.39, 0.29) is 0 Å². The number of nitrogen functional groups attached to an aromatic ring is 1. The van der Waals surface area contributed by atoms with Gasteiger partial charge in [0.25, 0.3) is 0 Å². The number of alkyl carbamates (subject to hydrolysis) is 1. The largest absolute Gasteiger partial charge is 0.465 e. The van der Waals surface area contributed by atoms with Crippen LogP contribution in [0.1, 0.15) is 43.1 Å². The lowest BCUT2D eigenvalue weighted by Crippen LogP contribution is -2.32. The molecule has 0 unspecified atom stereocenters. The van der Waals surface area contributed by atoms with Crippen LogP contribution in [-0.4, -0.2) is 31.3 Å². The Labute approximate surface area is 136 Å². The summed E-state index contributed by atoms with van der Waals surface area (Å²) in [5.74, 6) is 5.36. The number of hydrogen-bond donors (Lipinski definition) is 2. The summed E-state index contributed by atoms with van der Waals surface area (Å²) in [6.45, 7) is 5.77. The van der Waals surface area contributed by atoms with Crippen LogP contribution in [0.25, 0.3) is 0 Å². The number of methoxy groups -OCH3 is 1. The number of ether oxygens (including phenoxy) is 2. The van der Waals surface area contributed by atoms with Crippen LogP contribution >= 0.6 is 0 Å². The number of hydrogen-bond acceptors (Lipinski definition) is 5. The summed E-state index contributed by atoms with van der Waals surface area (Å²) in [4.78, 5) is 22.8. The van der Waals surface area contributed by atoms with Gasteiger partial charge >= 0.3 is 12.1 Å². The molecule has 6 heteroatoms. The van der Waals surface area contributed by atoms with E-state index in [1.54, 1.807) is 32.9 Å². The van der Waals surface area contributed by atoms with Crippen molar-refractivity contribution in [3.05, 3.63) is 29.3 Å². The summed E-state index contributed by atoms with van der Waals surface area (Å²) < 4.78 is 9.72. The van der Waals surface area contributed by atoms with Crippen molar-refractivity contribution >= 4 is 17.7 Å². The lowest BCUT2D eigenvalue weighted by molar-refractivity contribution is 0.0527. The molecule has 1 amide bonds. The Kier molecular flexibility index (Phi) is 6.46. The maximum Gasteiger partial charge on any atom is 0.407 e. The Morgan fingerprint density at radius 1 is 1.30 bits per heavy atom. The topological polar surface area (TPSA) is 90.6 Å². The zero-order chi connectivity index (χ0) is 17.5. The van der Waals surface area contributed by atoms with Crippen LogP contribution in [-0.2, 0) is 9.47 Å². The van der Waals surface area contributed by atoms with Gasteiger partial charge in [0, 0.05) is 24.2 Å². The number of rotatable bonds is 3. The highest BCUT2D eigenvalue weighted by Gasteiger charge is 2.15. The van der Waals surface area contributed by atoms with Gasteiger partial charge in [0.2, 0.25) is 0 Å². The molecule has 0 atom stereocenters. The van der Waals surface area contributed by atoms with Crippen molar-refractivity contribution in [2.24, 2.45) is 0 Å². The minimum absolute atomic E-state index is 0.377. The number of nitrogens with one attached hydrogen (secondary N) is 1. The van der Waals surface area contributed by atoms with Crippen molar-refractivity contribution in [2.75, 3.05) is 19.4 Å². The molecule has 0 saturated heterocycles. The first kappa shape index (κ1) is 18.4. The number of benzene rings is 1. The molecule has 0 aliphatic carbocycles. The van der Waals surface area contributed by atoms with Gasteiger partial charge in [-0.2, -0.15) is 0 Å². The normalized spacial score (nSPS) is 10.3. The van der Waals surface area contributed by atoms with Gasteiger partial charge in [-0.05, 0) is 39.0 Å². The maximum atomic E-state index is 11.4. The fourth-order valence-corrected chi connectivity index (χ4v) is 1.62. The summed E-state index contributed by atoms with van der Waals surface area (Å²) in [7, 11) is 1.31. The molecule has 0 aromatic heterocycles. The van der Waals surface area contributed by atoms with Gasteiger partial charge in [0.05, 0.1) is 12.7 Å². The summed E-state index contributed by atoms with van der Waals surface area (Å²) in [6, 6.07) is 4.79. The molecular formula is C17H22N2O4. The zero-order valence-electron chi connectivity index (χ0n) is 13.9. The molecule has 0 aliphatic rings. The summed E-state index contributed by atoms with van der Waals surface area (Å²) >= 11 is 0. The Bertz CT molecular complexity index is 636. The van der Waals surface area contributed by atoms with Crippen molar-refractivity contribution in [1.82, 2.24) is 5.32 Å². The number of nitrogens with two attached hydrogens (primary N) is 1. The van der Waals surface area contributed by atoms with Crippen molar-refractivity contribution in [3.8, 4) is 11.8 Å². The second-order valence-electron chi connectivity index (χ2n) is 5.77. The van der Waals surface area contributed by atoms with Crippen LogP contribution in [0.3, 0.4) is 0 Å². The lowest BCUT2D eigenvalue weighted by atomic mass is 10.1. The molecule has 0 spiro atoms. The third-order valence-corrected chi connectivity index (χ3v) is 2.61. The number of carbonyl (C=O) groups excluding carboxylic acids is 2. The van der Waals surface area contributed by atoms with Crippen LogP contribution in [0.5, 0.6) is 0 Å². The average molecular weight is 318 g/mol. The Morgan fingerprint density at radius 3 is 2.57 bits per heavy atom. The van der Waals surface area contributed by atoms with Crippen molar-refractivity contribution in [1.29, 1.82) is 0 Å². The second-order valence-corrected chi connectivity index (χ2v) is 5.77. The lowest BCUT2D eigenvalue weighted by Gasteiger charge is -2.19. The molecule has 0 fully saturated rings. The Balaban J connectivity index is 2.51. The van der Waals surface area contributed by atoms with E-state index in [4.69, 9.17) is 10.5 Å². The van der Waals surface area contributed by atoms with E-state index in [1.807, 2.05) is 0 Å². The molecule has 0 aliphatic heterocycles. The molecule has 0 bridgehead atoms. The van der Waals surface area contributed by atoms with E-state index in [0.29, 0.717) is 29.8 Å². The highest BCUT2D eigenvalue weighted by molar-refractivity contribution is 5.90. The minimum atomic E-state index is -0.522. The molecule has 6 nitrogen and oxygen atoms in total. The Hall–Kier alpha value is -2.68. The van der Waals surface area contributed by atoms with Crippen molar-refractivity contribution in [2.45, 2.75) is 32.8 Å². The van der Waals surface area contributed by atoms with Crippen LogP contribution in [0.2, 0.25) is 0 Å². The predicted octanol–water partition coefficient (Wildman–Crippen LogP) is 2.32. The van der Waals surface area contributed by atoms with E-state index < -0.39 is 17.7 Å². The molecule has 23 heavy (non-hydrogen) atoms. The van der Waals surface area contributed by atoms with Crippen LogP contribution in [0.15, 0.2) is 18.2 Å². The monoisotopic (exact) mass is 318 g/mol. The van der Waals surface area contributed by atoms with Crippen molar-refractivity contribution in [3.63, 3.8) is 0 Å². The van der Waals surface area contributed by atoms with Gasteiger partial charge in [-0.3, -0.25) is 0 Å². The van der Waals surface area contributed by atoms with Crippen molar-refractivity contribution < 1.29 is 19.1 Å². The van der Waals surface area contributed by atoms with E-state index in [1.165, 1.54) is 13.2 Å². The van der Waals surface area contributed by atoms with Gasteiger partial charge in [0.1, 0.15) is 5.60 Å². The molecule has 124 valence electrons. The standard InChI is InChI=1S/C17H22N2O4/c1-17(2,3)23-16(21)19-10-6-5-7-12-8-9-13(11-14(12)18)15(20)22-4/h8-9,11H,6,10,18H2,1-4H3,(H,19,21). The number of amides is 1. The molecule has 0 radical (unpaired) electrons. The molecule has 1 aromatic carbocycles. The third-order valence-electron chi connectivity index (χ3n) is 2.61. The number of carbonyl (C=O) groups is 2. The number of esters is 1. The first-order valence-electron chi connectivity index (χ1n) is 7.16. The van der Waals surface area contributed by atoms with Gasteiger partial charge in [-0.15, -0.1) is 0 Å². The van der Waals surface area contributed by atoms with Gasteiger partial charge < -0.3 is 20.5 Å². The second kappa shape index (κ2) is 8.08. The summed E-state index contributed by atoms with van der Waals surface area (Å²) in [5, 5.41) is 2.62. The van der Waals surface area contributed by atoms with Gasteiger partial charge in [0.15, 0.2) is 0 Å². The quantitative estimate of drug-likeness (QED) is 0.386. The highest BCUT2D eigenvalue weighted by atomic mass is 16.6. The predicted molar refractivity (Wildman–Crippen MR) is 87.9 cm³/mol. The smallest absolute Gasteiger partial charge is 0.407 e. The molecule has 3 N–H and O–H groups in total. The summed E-state index contributed by atoms with van der Waals surface area (Å²) in [6.07, 6.45) is -0.0153. The number of anilines is 1. The molecule has 1 aromatic rings. The molecule has 0 saturated carbocycles. The fraction of sp³-hybridized carbons (Fsp3) is 0.412. The average Bonchev–Trinajstić information content (AvgIpc) is 2.45. The molecule has 0 heterocycles. The Morgan fingerprint density at radius 2 is 2.00 bits per heavy atom. The fourth-order valence-electron chi connectivity index (χ4n) is 1.62. The molecule has 1 rings (SSSR count). The van der Waals surface area contributed by atoms with Crippen LogP contribution in [0, 0.1) is 11.8 Å². The SMILES string of the molecule is COC(=O)c1ccc(C#CCCNC(=O)OC(C)(C)C)c(N)c1. The molecular weight excluding hydrogens is 296 g/mol. The van der Waals surface area contributed by atoms with Crippen LogP contribution < -0.4 is 11.1 Å². The summed E-state index contributed by atoms with van der Waals surface area (Å²) in [5.41, 5.74) is 6.72. The van der Waals surface area contributed by atoms with E-state index in [2.05, 4.69) is 21.9 Å². The third kappa shape index (κ3) is 6.74.